The Kier molecular flexibility index (Phi) is 4.62. The summed E-state index contributed by atoms with van der Waals surface area (Å²) in [4.78, 5) is 12.1. The average Bonchev–Trinajstić information content (AvgIpc) is 2.64. The SMILES string of the molecule is CC1CC(NC(=O)C2(CN)CCCC2)C1.Cl. The van der Waals surface area contributed by atoms with Crippen LogP contribution in [-0.2, 0) is 4.79 Å². The van der Waals surface area contributed by atoms with E-state index in [9.17, 15) is 4.79 Å². The van der Waals surface area contributed by atoms with Gasteiger partial charge < -0.3 is 11.1 Å². The van der Waals surface area contributed by atoms with Gasteiger partial charge in [-0.1, -0.05) is 19.8 Å². The van der Waals surface area contributed by atoms with Gasteiger partial charge in [0.25, 0.3) is 0 Å². The molecule has 4 heteroatoms. The van der Waals surface area contributed by atoms with E-state index < -0.39 is 0 Å². The average molecular weight is 247 g/mol. The van der Waals surface area contributed by atoms with E-state index in [-0.39, 0.29) is 23.7 Å². The molecular weight excluding hydrogens is 224 g/mol. The fourth-order valence-corrected chi connectivity index (χ4v) is 2.93. The van der Waals surface area contributed by atoms with Crippen molar-refractivity contribution >= 4 is 18.3 Å². The first kappa shape index (κ1) is 13.8. The molecule has 2 fully saturated rings. The van der Waals surface area contributed by atoms with Crippen molar-refractivity contribution in [2.45, 2.75) is 51.5 Å². The molecule has 2 rings (SSSR count). The summed E-state index contributed by atoms with van der Waals surface area (Å²) in [7, 11) is 0. The van der Waals surface area contributed by atoms with Gasteiger partial charge in [-0.25, -0.2) is 0 Å². The molecule has 2 saturated carbocycles. The second-order valence-electron chi connectivity index (χ2n) is 5.44. The molecule has 2 aliphatic rings. The van der Waals surface area contributed by atoms with Crippen LogP contribution in [0.2, 0.25) is 0 Å². The van der Waals surface area contributed by atoms with Crippen molar-refractivity contribution in [2.75, 3.05) is 6.54 Å². The third kappa shape index (κ3) is 2.51. The van der Waals surface area contributed by atoms with Crippen molar-refractivity contribution in [3.63, 3.8) is 0 Å². The van der Waals surface area contributed by atoms with Crippen LogP contribution in [0.15, 0.2) is 0 Å². The molecule has 0 bridgehead atoms. The predicted octanol–water partition coefficient (Wildman–Crippen LogP) is 1.84. The van der Waals surface area contributed by atoms with Gasteiger partial charge in [-0.15, -0.1) is 12.4 Å². The molecule has 0 spiro atoms. The number of carbonyl (C=O) groups is 1. The molecule has 3 nitrogen and oxygen atoms in total. The minimum absolute atomic E-state index is 0. The molecule has 0 unspecified atom stereocenters. The number of halogens is 1. The number of rotatable bonds is 3. The molecule has 94 valence electrons. The predicted molar refractivity (Wildman–Crippen MR) is 67.5 cm³/mol. The minimum atomic E-state index is -0.223. The first-order chi connectivity index (χ1) is 7.16. The molecule has 1 amide bonds. The molecule has 0 heterocycles. The van der Waals surface area contributed by atoms with Crippen molar-refractivity contribution in [2.24, 2.45) is 17.1 Å². The standard InChI is InChI=1S/C12H22N2O.ClH/c1-9-6-10(7-9)14-11(15)12(8-13)4-2-3-5-12;/h9-10H,2-8,13H2,1H3,(H,14,15);1H. The van der Waals surface area contributed by atoms with E-state index in [1.807, 2.05) is 0 Å². The molecule has 0 aliphatic heterocycles. The summed E-state index contributed by atoms with van der Waals surface area (Å²) >= 11 is 0. The first-order valence-electron chi connectivity index (χ1n) is 6.17. The zero-order valence-electron chi connectivity index (χ0n) is 10.00. The maximum Gasteiger partial charge on any atom is 0.227 e. The number of hydrogen-bond donors (Lipinski definition) is 2. The van der Waals surface area contributed by atoms with E-state index in [1.165, 1.54) is 0 Å². The number of nitrogens with one attached hydrogen (secondary N) is 1. The highest BCUT2D eigenvalue weighted by atomic mass is 35.5. The number of amides is 1. The maximum atomic E-state index is 12.1. The Morgan fingerprint density at radius 3 is 2.38 bits per heavy atom. The zero-order chi connectivity index (χ0) is 10.9. The highest BCUT2D eigenvalue weighted by molar-refractivity contribution is 5.85. The minimum Gasteiger partial charge on any atom is -0.353 e. The Morgan fingerprint density at radius 1 is 1.38 bits per heavy atom. The molecule has 0 aromatic heterocycles. The third-order valence-electron chi connectivity index (χ3n) is 4.14. The van der Waals surface area contributed by atoms with Gasteiger partial charge in [-0.05, 0) is 31.6 Å². The molecule has 3 N–H and O–H groups in total. The van der Waals surface area contributed by atoms with Gasteiger partial charge in [-0.3, -0.25) is 4.79 Å². The van der Waals surface area contributed by atoms with Crippen molar-refractivity contribution in [3.05, 3.63) is 0 Å². The van der Waals surface area contributed by atoms with Crippen LogP contribution in [0.1, 0.15) is 45.4 Å². The van der Waals surface area contributed by atoms with E-state index in [4.69, 9.17) is 5.73 Å². The van der Waals surface area contributed by atoms with Crippen molar-refractivity contribution < 1.29 is 4.79 Å². The van der Waals surface area contributed by atoms with Gasteiger partial charge in [0.2, 0.25) is 5.91 Å². The molecule has 16 heavy (non-hydrogen) atoms. The molecule has 2 aliphatic carbocycles. The highest BCUT2D eigenvalue weighted by Crippen LogP contribution is 2.38. The van der Waals surface area contributed by atoms with Crippen LogP contribution in [0.3, 0.4) is 0 Å². The summed E-state index contributed by atoms with van der Waals surface area (Å²) in [5.74, 6) is 1.01. The van der Waals surface area contributed by atoms with Gasteiger partial charge in [0.15, 0.2) is 0 Å². The van der Waals surface area contributed by atoms with Crippen molar-refractivity contribution in [3.8, 4) is 0 Å². The summed E-state index contributed by atoms with van der Waals surface area (Å²) in [6.45, 7) is 2.75. The fourth-order valence-electron chi connectivity index (χ4n) is 2.93. The lowest BCUT2D eigenvalue weighted by atomic mass is 9.79. The number of carbonyl (C=O) groups excluding carboxylic acids is 1. The second kappa shape index (κ2) is 5.37. The fraction of sp³-hybridized carbons (Fsp3) is 0.917. The van der Waals surface area contributed by atoms with Crippen molar-refractivity contribution in [1.29, 1.82) is 0 Å². The Morgan fingerprint density at radius 2 is 1.94 bits per heavy atom. The molecule has 0 radical (unpaired) electrons. The Balaban J connectivity index is 0.00000128. The lowest BCUT2D eigenvalue weighted by Gasteiger charge is -2.36. The van der Waals surface area contributed by atoms with Gasteiger partial charge in [-0.2, -0.15) is 0 Å². The highest BCUT2D eigenvalue weighted by Gasteiger charge is 2.41. The number of nitrogens with two attached hydrogens (primary N) is 1. The third-order valence-corrected chi connectivity index (χ3v) is 4.14. The topological polar surface area (TPSA) is 55.1 Å². The Labute approximate surface area is 104 Å². The van der Waals surface area contributed by atoms with E-state index >= 15 is 0 Å². The number of hydrogen-bond acceptors (Lipinski definition) is 2. The van der Waals surface area contributed by atoms with Crippen LogP contribution in [-0.4, -0.2) is 18.5 Å². The maximum absolute atomic E-state index is 12.1. The summed E-state index contributed by atoms with van der Waals surface area (Å²) in [6, 6.07) is 0.427. The lowest BCUT2D eigenvalue weighted by Crippen LogP contribution is -2.51. The smallest absolute Gasteiger partial charge is 0.227 e. The van der Waals surface area contributed by atoms with E-state index in [2.05, 4.69) is 12.2 Å². The quantitative estimate of drug-likeness (QED) is 0.799. The first-order valence-corrected chi connectivity index (χ1v) is 6.17. The van der Waals surface area contributed by atoms with E-state index in [0.717, 1.165) is 44.4 Å². The van der Waals surface area contributed by atoms with E-state index in [0.29, 0.717) is 12.6 Å². The Hall–Kier alpha value is -0.280. The Bertz CT molecular complexity index is 245. The van der Waals surface area contributed by atoms with Gasteiger partial charge >= 0.3 is 0 Å². The van der Waals surface area contributed by atoms with Crippen LogP contribution in [0.25, 0.3) is 0 Å². The van der Waals surface area contributed by atoms with Gasteiger partial charge in [0, 0.05) is 12.6 Å². The van der Waals surface area contributed by atoms with Crippen molar-refractivity contribution in [1.82, 2.24) is 5.32 Å². The van der Waals surface area contributed by atoms with Crippen LogP contribution >= 0.6 is 12.4 Å². The molecule has 0 atom stereocenters. The lowest BCUT2D eigenvalue weighted by molar-refractivity contribution is -0.131. The zero-order valence-corrected chi connectivity index (χ0v) is 10.8. The van der Waals surface area contributed by atoms with Gasteiger partial charge in [0.1, 0.15) is 0 Å². The van der Waals surface area contributed by atoms with Crippen LogP contribution in [0.4, 0.5) is 0 Å². The summed E-state index contributed by atoms with van der Waals surface area (Å²) < 4.78 is 0. The summed E-state index contributed by atoms with van der Waals surface area (Å²) in [6.07, 6.45) is 6.57. The monoisotopic (exact) mass is 246 g/mol. The molecule has 0 saturated heterocycles. The molecule has 0 aromatic rings. The largest absolute Gasteiger partial charge is 0.353 e. The summed E-state index contributed by atoms with van der Waals surface area (Å²) in [5, 5.41) is 3.16. The normalized spacial score (nSPS) is 31.4. The van der Waals surface area contributed by atoms with Crippen LogP contribution < -0.4 is 11.1 Å². The molecule has 0 aromatic carbocycles. The van der Waals surface area contributed by atoms with Crippen LogP contribution in [0.5, 0.6) is 0 Å². The summed E-state index contributed by atoms with van der Waals surface area (Å²) in [5.41, 5.74) is 5.55. The second-order valence-corrected chi connectivity index (χ2v) is 5.44. The van der Waals surface area contributed by atoms with Gasteiger partial charge in [0.05, 0.1) is 5.41 Å². The van der Waals surface area contributed by atoms with Crippen LogP contribution in [0, 0.1) is 11.3 Å². The van der Waals surface area contributed by atoms with E-state index in [1.54, 1.807) is 0 Å². The molecular formula is C12H23ClN2O.